The highest BCUT2D eigenvalue weighted by Crippen LogP contribution is 2.54. The third-order valence-electron chi connectivity index (χ3n) is 21.0. The Kier molecular flexibility index (Phi) is 13.6. The molecule has 0 atom stereocenters. The van der Waals surface area contributed by atoms with Gasteiger partial charge in [-0.2, -0.15) is 0 Å². The lowest BCUT2D eigenvalue weighted by Gasteiger charge is -2.28. The summed E-state index contributed by atoms with van der Waals surface area (Å²) in [6, 6.07) is 112. The van der Waals surface area contributed by atoms with Crippen LogP contribution in [0.4, 0.5) is 34.1 Å². The lowest BCUT2D eigenvalue weighted by atomic mass is 9.81. The van der Waals surface area contributed by atoms with Crippen LogP contribution in [0.3, 0.4) is 0 Å². The van der Waals surface area contributed by atoms with Gasteiger partial charge in [-0.05, 0) is 206 Å². The Morgan fingerprint density at radius 3 is 0.811 bits per heavy atom. The zero-order chi connectivity index (χ0) is 64.2. The van der Waals surface area contributed by atoms with Crippen molar-refractivity contribution >= 4 is 80.0 Å². The molecule has 0 aromatic heterocycles. The number of hydrogen-bond acceptors (Lipinski definition) is 2. The number of benzene rings is 14. The fourth-order valence-corrected chi connectivity index (χ4v) is 15.9. The first kappa shape index (κ1) is 57.6. The van der Waals surface area contributed by atoms with Gasteiger partial charge in [-0.15, -0.1) is 0 Å². The molecule has 0 radical (unpaired) electrons. The predicted octanol–water partition coefficient (Wildman–Crippen LogP) is 25.5. The molecule has 2 nitrogen and oxygen atoms in total. The van der Waals surface area contributed by atoms with Crippen molar-refractivity contribution in [2.75, 3.05) is 9.80 Å². The van der Waals surface area contributed by atoms with Crippen molar-refractivity contribution < 1.29 is 0 Å². The van der Waals surface area contributed by atoms with Crippen molar-refractivity contribution in [2.24, 2.45) is 0 Å². The van der Waals surface area contributed by atoms with E-state index in [4.69, 9.17) is 0 Å². The summed E-state index contributed by atoms with van der Waals surface area (Å²) in [7, 11) is 0. The van der Waals surface area contributed by atoms with E-state index in [1.165, 1.54) is 133 Å². The van der Waals surface area contributed by atoms with Crippen LogP contribution in [0.25, 0.3) is 101 Å². The molecule has 0 saturated carbocycles. The van der Waals surface area contributed by atoms with E-state index in [1.54, 1.807) is 0 Å². The van der Waals surface area contributed by atoms with E-state index < -0.39 is 0 Å². The molecule has 2 heteroatoms. The number of fused-ring (bicyclic) bond motifs is 11. The van der Waals surface area contributed by atoms with Gasteiger partial charge in [-0.1, -0.05) is 296 Å². The van der Waals surface area contributed by atoms with Crippen molar-refractivity contribution in [3.8, 4) is 55.6 Å². The van der Waals surface area contributed by atoms with E-state index >= 15 is 0 Å². The molecule has 454 valence electrons. The van der Waals surface area contributed by atoms with Crippen molar-refractivity contribution in [1.82, 2.24) is 0 Å². The van der Waals surface area contributed by atoms with E-state index in [0.717, 1.165) is 34.1 Å². The van der Waals surface area contributed by atoms with Crippen LogP contribution in [-0.2, 0) is 16.2 Å². The molecule has 0 fully saturated rings. The summed E-state index contributed by atoms with van der Waals surface area (Å²) in [5.41, 5.74) is 32.0. The lowest BCUT2D eigenvalue weighted by molar-refractivity contribution is 0.660. The summed E-state index contributed by atoms with van der Waals surface area (Å²) >= 11 is 0. The molecule has 0 amide bonds. The summed E-state index contributed by atoms with van der Waals surface area (Å²) in [5, 5.41) is 5.04. The Morgan fingerprint density at radius 2 is 0.474 bits per heavy atom. The average molecular weight is 1220 g/mol. The minimum Gasteiger partial charge on any atom is -0.310 e. The highest BCUT2D eigenvalue weighted by atomic mass is 15.1. The molecule has 3 aliphatic rings. The summed E-state index contributed by atoms with van der Waals surface area (Å²) in [6.45, 7) is 14.3. The number of hydrogen-bond donors (Lipinski definition) is 0. The summed E-state index contributed by atoms with van der Waals surface area (Å²) in [4.78, 5) is 4.79. The summed E-state index contributed by atoms with van der Waals surface area (Å²) in [6.07, 6.45) is 9.20. The normalized spacial score (nSPS) is 14.2. The molecule has 0 unspecified atom stereocenters. The van der Waals surface area contributed by atoms with Gasteiger partial charge in [0.2, 0.25) is 0 Å². The fraction of sp³-hybridized carbons (Fsp3) is 0.0968. The molecule has 0 saturated heterocycles. The molecule has 14 aromatic rings. The Bertz CT molecular complexity index is 5080. The zero-order valence-electron chi connectivity index (χ0n) is 54.6. The molecule has 0 spiro atoms. The van der Waals surface area contributed by atoms with Gasteiger partial charge in [0, 0.05) is 50.4 Å². The molecule has 17 rings (SSSR count). The fourth-order valence-electron chi connectivity index (χ4n) is 15.9. The van der Waals surface area contributed by atoms with Gasteiger partial charge >= 0.3 is 0 Å². The quantitative estimate of drug-likeness (QED) is 0.113. The van der Waals surface area contributed by atoms with Gasteiger partial charge in [0.15, 0.2) is 0 Å². The van der Waals surface area contributed by atoms with Gasteiger partial charge < -0.3 is 9.80 Å². The topological polar surface area (TPSA) is 6.48 Å². The molecule has 0 aliphatic heterocycles. The minimum absolute atomic E-state index is 0.170. The van der Waals surface area contributed by atoms with Gasteiger partial charge in [-0.25, -0.2) is 0 Å². The van der Waals surface area contributed by atoms with Crippen LogP contribution in [0.2, 0.25) is 0 Å². The minimum atomic E-state index is -0.207. The van der Waals surface area contributed by atoms with Crippen LogP contribution in [0.5, 0.6) is 0 Å². The monoisotopic (exact) mass is 1220 g/mol. The maximum atomic E-state index is 2.43. The van der Waals surface area contributed by atoms with Crippen molar-refractivity contribution in [1.29, 1.82) is 0 Å². The number of para-hydroxylation sites is 2. The maximum absolute atomic E-state index is 2.43. The Hall–Kier alpha value is -11.3. The van der Waals surface area contributed by atoms with Gasteiger partial charge in [0.05, 0.1) is 0 Å². The molecule has 14 aromatic carbocycles. The predicted molar refractivity (Wildman–Crippen MR) is 405 cm³/mol. The highest BCUT2D eigenvalue weighted by Gasteiger charge is 2.39. The van der Waals surface area contributed by atoms with Crippen molar-refractivity contribution in [3.05, 3.63) is 359 Å². The van der Waals surface area contributed by atoms with E-state index in [-0.39, 0.29) is 16.2 Å². The van der Waals surface area contributed by atoms with Crippen LogP contribution in [-0.4, -0.2) is 0 Å². The lowest BCUT2D eigenvalue weighted by Crippen LogP contribution is -2.16. The third kappa shape index (κ3) is 9.77. The van der Waals surface area contributed by atoms with Crippen LogP contribution < -0.4 is 9.80 Å². The Morgan fingerprint density at radius 1 is 0.211 bits per heavy atom. The van der Waals surface area contributed by atoms with Crippen molar-refractivity contribution in [3.63, 3.8) is 0 Å². The van der Waals surface area contributed by atoms with Gasteiger partial charge in [0.25, 0.3) is 0 Å². The average Bonchev–Trinajstić information content (AvgIpc) is 1.60. The molecular weight excluding hydrogens is 1150 g/mol. The zero-order valence-corrected chi connectivity index (χ0v) is 54.6. The molecule has 0 N–H and O–H groups in total. The third-order valence-corrected chi connectivity index (χ3v) is 21.0. The van der Waals surface area contributed by atoms with Crippen LogP contribution >= 0.6 is 0 Å². The first-order valence-electron chi connectivity index (χ1n) is 33.4. The molecule has 95 heavy (non-hydrogen) atoms. The number of nitrogens with zero attached hydrogens (tertiary/aromatic N) is 2. The van der Waals surface area contributed by atoms with Crippen LogP contribution in [0.15, 0.2) is 303 Å². The van der Waals surface area contributed by atoms with E-state index in [0.29, 0.717) is 0 Å². The standard InChI is InChI=1S/C93H72N2/c1-91(2)85-55-61(31-33-63-37-51-81-83-53-47-73(59-89(83)92(3,4)87(81)57-63)94(69-23-9-7-10-24-69)71-43-39-67(40-44-71)77-29-17-21-65-19-13-15-27-75(65)77)35-49-79(85)80-50-36-62(56-86(80)91)32-34-64-38-52-82-84-54-48-74(60-90(84)93(5,6)88(82)58-64)95(70-25-11-8-12-26-70)72-45-41-68(42-46-72)78-30-18-22-66-20-14-16-28-76(66)78/h7-60H,1-6H3/b33-31+,34-32+. The second-order valence-corrected chi connectivity index (χ2v) is 27.7. The first-order valence-corrected chi connectivity index (χ1v) is 33.4. The van der Waals surface area contributed by atoms with Gasteiger partial charge in [-0.3, -0.25) is 0 Å². The Balaban J connectivity index is 0.597. The Labute approximate surface area is 558 Å². The van der Waals surface area contributed by atoms with E-state index in [9.17, 15) is 0 Å². The summed E-state index contributed by atoms with van der Waals surface area (Å²) in [5.74, 6) is 0. The van der Waals surface area contributed by atoms with E-state index in [2.05, 4.69) is 379 Å². The van der Waals surface area contributed by atoms with Crippen LogP contribution in [0.1, 0.15) is 97.2 Å². The van der Waals surface area contributed by atoms with Crippen LogP contribution in [0, 0.1) is 0 Å². The highest BCUT2D eigenvalue weighted by molar-refractivity contribution is 5.99. The SMILES string of the molecule is CC1(C)c2cc(/C=C/c3ccc4c(c3)C(C)(C)c3cc(N(c5ccccc5)c5ccc(-c6cccc7ccccc67)cc5)ccc3-4)ccc2-c2ccc(/C=C/c3ccc4c(c3)C(C)(C)c3cc(N(c5ccccc5)c5ccc(-c6cccc7ccccc67)cc5)ccc3-4)cc21. The van der Waals surface area contributed by atoms with Crippen molar-refractivity contribution in [2.45, 2.75) is 57.8 Å². The second kappa shape index (κ2) is 22.5. The summed E-state index contributed by atoms with van der Waals surface area (Å²) < 4.78 is 0. The molecule has 0 heterocycles. The molecule has 3 aliphatic carbocycles. The largest absolute Gasteiger partial charge is 0.310 e. The number of anilines is 6. The smallest absolute Gasteiger partial charge is 0.0465 e. The number of rotatable bonds is 12. The maximum Gasteiger partial charge on any atom is 0.0465 e. The second-order valence-electron chi connectivity index (χ2n) is 27.7. The molecule has 0 bridgehead atoms. The van der Waals surface area contributed by atoms with Gasteiger partial charge in [0.1, 0.15) is 0 Å². The van der Waals surface area contributed by atoms with E-state index in [1.807, 2.05) is 0 Å². The molecular formula is C93H72N2. The first-order chi connectivity index (χ1) is 46.3.